The largest absolute Gasteiger partial charge is 0.492 e. The summed E-state index contributed by atoms with van der Waals surface area (Å²) in [5.41, 5.74) is 2.41. The monoisotopic (exact) mass is 403 g/mol. The maximum absolute atomic E-state index is 12.4. The van der Waals surface area contributed by atoms with Crippen molar-refractivity contribution < 1.29 is 9.53 Å². The fourth-order valence-corrected chi connectivity index (χ4v) is 3.45. The second-order valence-corrected chi connectivity index (χ2v) is 7.05. The summed E-state index contributed by atoms with van der Waals surface area (Å²) in [5.74, 6) is 0.225. The van der Waals surface area contributed by atoms with Crippen LogP contribution in [0.25, 0.3) is 0 Å². The van der Waals surface area contributed by atoms with Crippen LogP contribution in [0.4, 0.5) is 11.4 Å². The number of rotatable bonds is 5. The van der Waals surface area contributed by atoms with Crippen molar-refractivity contribution in [2.75, 3.05) is 29.9 Å². The maximum atomic E-state index is 12.4. The lowest BCUT2D eigenvalue weighted by molar-refractivity contribution is 0.0977. The number of benzene rings is 2. The van der Waals surface area contributed by atoms with Crippen LogP contribution in [0, 0.1) is 0 Å². The number of nitrogens with one attached hydrogen (secondary N) is 2. The minimum Gasteiger partial charge on any atom is -0.492 e. The molecule has 0 spiro atoms. The lowest BCUT2D eigenvalue weighted by atomic mass is 10.2. The molecule has 1 saturated heterocycles. The molecule has 0 radical (unpaired) electrons. The first-order chi connectivity index (χ1) is 13.1. The molecule has 5 nitrogen and oxygen atoms in total. The molecule has 7 heteroatoms. The van der Waals surface area contributed by atoms with Crippen molar-refractivity contribution in [1.82, 2.24) is 5.32 Å². The second-order valence-electron chi connectivity index (χ2n) is 6.23. The van der Waals surface area contributed by atoms with Gasteiger partial charge in [-0.15, -0.1) is 0 Å². The Morgan fingerprint density at radius 1 is 1.22 bits per heavy atom. The van der Waals surface area contributed by atoms with Crippen LogP contribution in [0.1, 0.15) is 30.1 Å². The number of ether oxygens (including phenoxy) is 1. The van der Waals surface area contributed by atoms with Crippen molar-refractivity contribution in [2.45, 2.75) is 19.8 Å². The minimum atomic E-state index is -0.326. The van der Waals surface area contributed by atoms with Crippen LogP contribution in [0.3, 0.4) is 0 Å². The van der Waals surface area contributed by atoms with E-state index in [-0.39, 0.29) is 11.0 Å². The van der Waals surface area contributed by atoms with E-state index >= 15 is 0 Å². The fraction of sp³-hybridized carbons (Fsp3) is 0.300. The molecule has 27 heavy (non-hydrogen) atoms. The quantitative estimate of drug-likeness (QED) is 0.721. The van der Waals surface area contributed by atoms with E-state index in [0.29, 0.717) is 22.9 Å². The van der Waals surface area contributed by atoms with Crippen LogP contribution >= 0.6 is 23.8 Å². The Bertz CT molecular complexity index is 838. The molecule has 142 valence electrons. The summed E-state index contributed by atoms with van der Waals surface area (Å²) in [7, 11) is 0. The summed E-state index contributed by atoms with van der Waals surface area (Å²) in [4.78, 5) is 14.7. The van der Waals surface area contributed by atoms with Gasteiger partial charge in [0.05, 0.1) is 11.6 Å². The van der Waals surface area contributed by atoms with Gasteiger partial charge in [0.2, 0.25) is 0 Å². The van der Waals surface area contributed by atoms with E-state index in [1.54, 1.807) is 18.2 Å². The van der Waals surface area contributed by atoms with E-state index in [2.05, 4.69) is 21.6 Å². The predicted molar refractivity (Wildman–Crippen MR) is 114 cm³/mol. The Balaban J connectivity index is 1.61. The van der Waals surface area contributed by atoms with Gasteiger partial charge in [0, 0.05) is 30.0 Å². The standard InChI is InChI=1S/C20H22ClN3O2S/c1-2-26-18-9-8-14(12-17(18)21)19(25)23-20(27)22-15-6-5-7-16(13-15)24-10-3-4-11-24/h5-9,12-13H,2-4,10-11H2,1H3,(H2,22,23,25,27). The van der Waals surface area contributed by atoms with Gasteiger partial charge in [-0.1, -0.05) is 17.7 Å². The Morgan fingerprint density at radius 2 is 2.00 bits per heavy atom. The highest BCUT2D eigenvalue weighted by atomic mass is 35.5. The van der Waals surface area contributed by atoms with Gasteiger partial charge >= 0.3 is 0 Å². The minimum absolute atomic E-state index is 0.239. The van der Waals surface area contributed by atoms with Gasteiger partial charge in [0.1, 0.15) is 5.75 Å². The van der Waals surface area contributed by atoms with Crippen molar-refractivity contribution in [3.8, 4) is 5.75 Å². The van der Waals surface area contributed by atoms with Crippen LogP contribution in [0.5, 0.6) is 5.75 Å². The summed E-state index contributed by atoms with van der Waals surface area (Å²) >= 11 is 11.4. The first-order valence-electron chi connectivity index (χ1n) is 8.96. The van der Waals surface area contributed by atoms with Crippen molar-refractivity contribution >= 4 is 46.2 Å². The second kappa shape index (κ2) is 9.06. The number of anilines is 2. The van der Waals surface area contributed by atoms with Crippen LogP contribution in [-0.4, -0.2) is 30.7 Å². The zero-order valence-electron chi connectivity index (χ0n) is 15.1. The number of halogens is 1. The van der Waals surface area contributed by atoms with Crippen molar-refractivity contribution in [3.63, 3.8) is 0 Å². The number of hydrogen-bond acceptors (Lipinski definition) is 4. The average molecular weight is 404 g/mol. The molecular formula is C20H22ClN3O2S. The van der Waals surface area contributed by atoms with Gasteiger partial charge in [0.15, 0.2) is 5.11 Å². The first-order valence-corrected chi connectivity index (χ1v) is 9.75. The molecule has 2 aromatic carbocycles. The Kier molecular flexibility index (Phi) is 6.53. The fourth-order valence-electron chi connectivity index (χ4n) is 3.01. The summed E-state index contributed by atoms with van der Waals surface area (Å²) in [5, 5.41) is 6.38. The van der Waals surface area contributed by atoms with Gasteiger partial charge in [-0.25, -0.2) is 0 Å². The molecule has 0 aromatic heterocycles. The third kappa shape index (κ3) is 5.11. The van der Waals surface area contributed by atoms with Crippen molar-refractivity contribution in [1.29, 1.82) is 0 Å². The van der Waals surface area contributed by atoms with Crippen LogP contribution in [0.15, 0.2) is 42.5 Å². The van der Waals surface area contributed by atoms with Crippen LogP contribution < -0.4 is 20.3 Å². The van der Waals surface area contributed by atoms with Gasteiger partial charge in [0.25, 0.3) is 5.91 Å². The third-order valence-corrected chi connectivity index (χ3v) is 4.80. The SMILES string of the molecule is CCOc1ccc(C(=O)NC(=S)Nc2cccc(N3CCCC3)c2)cc1Cl. The van der Waals surface area contributed by atoms with Crippen molar-refractivity contribution in [3.05, 3.63) is 53.1 Å². The molecule has 0 atom stereocenters. The highest BCUT2D eigenvalue weighted by Crippen LogP contribution is 2.26. The Labute approximate surface area is 169 Å². The molecule has 1 heterocycles. The topological polar surface area (TPSA) is 53.6 Å². The van der Waals surface area contributed by atoms with E-state index in [1.807, 2.05) is 25.1 Å². The van der Waals surface area contributed by atoms with Gasteiger partial charge < -0.3 is 15.0 Å². The molecule has 1 aliphatic rings. The number of amides is 1. The number of carbonyl (C=O) groups is 1. The van der Waals surface area contributed by atoms with E-state index in [9.17, 15) is 4.79 Å². The summed E-state index contributed by atoms with van der Waals surface area (Å²) < 4.78 is 5.38. The summed E-state index contributed by atoms with van der Waals surface area (Å²) in [6.45, 7) is 4.53. The number of thiocarbonyl (C=S) groups is 1. The molecule has 1 fully saturated rings. The van der Waals surface area contributed by atoms with Crippen LogP contribution in [0.2, 0.25) is 5.02 Å². The lowest BCUT2D eigenvalue weighted by Gasteiger charge is -2.19. The Morgan fingerprint density at radius 3 is 2.70 bits per heavy atom. The average Bonchev–Trinajstić information content (AvgIpc) is 3.18. The maximum Gasteiger partial charge on any atom is 0.257 e. The number of hydrogen-bond donors (Lipinski definition) is 2. The molecule has 1 amide bonds. The van der Waals surface area contributed by atoms with Crippen LogP contribution in [-0.2, 0) is 0 Å². The summed E-state index contributed by atoms with van der Waals surface area (Å²) in [6, 6.07) is 12.9. The summed E-state index contributed by atoms with van der Waals surface area (Å²) in [6.07, 6.45) is 2.44. The molecule has 0 saturated carbocycles. The molecular weight excluding hydrogens is 382 g/mol. The van der Waals surface area contributed by atoms with Gasteiger partial charge in [-0.3, -0.25) is 10.1 Å². The molecule has 0 aliphatic carbocycles. The first kappa shape index (κ1) is 19.5. The van der Waals surface area contributed by atoms with E-state index < -0.39 is 0 Å². The molecule has 0 bridgehead atoms. The molecule has 2 aromatic rings. The zero-order valence-corrected chi connectivity index (χ0v) is 16.7. The molecule has 0 unspecified atom stereocenters. The number of nitrogens with zero attached hydrogens (tertiary/aromatic N) is 1. The lowest BCUT2D eigenvalue weighted by Crippen LogP contribution is -2.34. The van der Waals surface area contributed by atoms with E-state index in [0.717, 1.165) is 24.5 Å². The third-order valence-electron chi connectivity index (χ3n) is 4.30. The van der Waals surface area contributed by atoms with Crippen molar-refractivity contribution in [2.24, 2.45) is 0 Å². The Hall–Kier alpha value is -2.31. The van der Waals surface area contributed by atoms with E-state index in [4.69, 9.17) is 28.6 Å². The van der Waals surface area contributed by atoms with E-state index in [1.165, 1.54) is 12.8 Å². The molecule has 1 aliphatic heterocycles. The smallest absolute Gasteiger partial charge is 0.257 e. The zero-order chi connectivity index (χ0) is 19.2. The molecule has 2 N–H and O–H groups in total. The number of carbonyl (C=O) groups excluding carboxylic acids is 1. The normalized spacial score (nSPS) is 13.3. The van der Waals surface area contributed by atoms with Gasteiger partial charge in [-0.2, -0.15) is 0 Å². The molecule has 3 rings (SSSR count). The highest BCUT2D eigenvalue weighted by Gasteiger charge is 2.14. The van der Waals surface area contributed by atoms with Gasteiger partial charge in [-0.05, 0) is 68.4 Å². The predicted octanol–water partition coefficient (Wildman–Crippen LogP) is 4.47. The highest BCUT2D eigenvalue weighted by molar-refractivity contribution is 7.80.